The van der Waals surface area contributed by atoms with Gasteiger partial charge in [0.2, 0.25) is 0 Å². The zero-order valence-electron chi connectivity index (χ0n) is 14.4. The lowest BCUT2D eigenvalue weighted by atomic mass is 9.40. The van der Waals surface area contributed by atoms with E-state index in [0.29, 0.717) is 16.9 Å². The van der Waals surface area contributed by atoms with Crippen molar-refractivity contribution < 1.29 is 9.47 Å². The van der Waals surface area contributed by atoms with E-state index in [-0.39, 0.29) is 5.41 Å². The molecule has 0 radical (unpaired) electrons. The Morgan fingerprint density at radius 1 is 1.22 bits per heavy atom. The van der Waals surface area contributed by atoms with Crippen LogP contribution in [0.2, 0.25) is 0 Å². The third-order valence-electron chi connectivity index (χ3n) is 9.14. The average Bonchev–Trinajstić information content (AvgIpc) is 2.95. The van der Waals surface area contributed by atoms with Crippen LogP contribution in [0.25, 0.3) is 0 Å². The van der Waals surface area contributed by atoms with Crippen LogP contribution in [0, 0.1) is 22.7 Å². The zero-order chi connectivity index (χ0) is 15.6. The second-order valence-electron chi connectivity index (χ2n) is 9.08. The molecule has 2 spiro atoms. The van der Waals surface area contributed by atoms with Crippen LogP contribution in [0.5, 0.6) is 11.5 Å². The fourth-order valence-corrected chi connectivity index (χ4v) is 8.26. The first-order valence-corrected chi connectivity index (χ1v) is 9.47. The van der Waals surface area contributed by atoms with Gasteiger partial charge in [-0.1, -0.05) is 19.9 Å². The number of ether oxygens (including phenoxy) is 2. The van der Waals surface area contributed by atoms with Crippen LogP contribution in [0.3, 0.4) is 0 Å². The van der Waals surface area contributed by atoms with Gasteiger partial charge in [0.05, 0.1) is 7.11 Å². The molecule has 4 aliphatic carbocycles. The standard InChI is InChI=1S/C21H26O2/c1-12-14-8-10-20-16-5-4-9-19(20,2)21(12,14)11-13-6-7-15(22-3)18(23-16)17(13)20/h6-7,12,14,16H,4-5,8-11H2,1-3H3/t12?,14?,16-,19+,20+,21?/m0/s1. The highest BCUT2D eigenvalue weighted by Gasteiger charge is 2.82. The lowest BCUT2D eigenvalue weighted by molar-refractivity contribution is -0.0987. The lowest BCUT2D eigenvalue weighted by Crippen LogP contribution is -2.63. The molecule has 0 saturated heterocycles. The second kappa shape index (κ2) is 3.58. The normalized spacial score (nSPS) is 50.7. The Hall–Kier alpha value is -1.18. The van der Waals surface area contributed by atoms with Crippen LogP contribution < -0.4 is 9.47 Å². The van der Waals surface area contributed by atoms with Crippen molar-refractivity contribution in [2.45, 2.75) is 63.9 Å². The van der Waals surface area contributed by atoms with Crippen LogP contribution in [-0.2, 0) is 11.8 Å². The van der Waals surface area contributed by atoms with E-state index in [9.17, 15) is 0 Å². The van der Waals surface area contributed by atoms with Crippen molar-refractivity contribution in [3.8, 4) is 11.5 Å². The van der Waals surface area contributed by atoms with Gasteiger partial charge in [0, 0.05) is 11.0 Å². The fourth-order valence-electron chi connectivity index (χ4n) is 8.26. The van der Waals surface area contributed by atoms with E-state index in [0.717, 1.165) is 23.3 Å². The van der Waals surface area contributed by atoms with Crippen molar-refractivity contribution in [2.75, 3.05) is 7.11 Å². The van der Waals surface area contributed by atoms with E-state index in [1.54, 1.807) is 18.2 Å². The molecule has 2 nitrogen and oxygen atoms in total. The Bertz CT molecular complexity index is 740. The fraction of sp³-hybridized carbons (Fsp3) is 0.714. The monoisotopic (exact) mass is 310 g/mol. The molecule has 1 aromatic rings. The molecular weight excluding hydrogens is 284 g/mol. The zero-order valence-corrected chi connectivity index (χ0v) is 14.4. The molecule has 6 rings (SSSR count). The van der Waals surface area contributed by atoms with E-state index in [4.69, 9.17) is 9.47 Å². The molecule has 3 unspecified atom stereocenters. The van der Waals surface area contributed by atoms with Gasteiger partial charge in [-0.3, -0.25) is 0 Å². The maximum Gasteiger partial charge on any atom is 0.165 e. The van der Waals surface area contributed by atoms with Crippen LogP contribution >= 0.6 is 0 Å². The molecule has 0 N–H and O–H groups in total. The largest absolute Gasteiger partial charge is 0.493 e. The van der Waals surface area contributed by atoms with Crippen LogP contribution in [0.15, 0.2) is 12.1 Å². The van der Waals surface area contributed by atoms with Gasteiger partial charge in [-0.25, -0.2) is 0 Å². The van der Waals surface area contributed by atoms with Gasteiger partial charge in [0.1, 0.15) is 6.10 Å². The molecule has 6 atom stereocenters. The summed E-state index contributed by atoms with van der Waals surface area (Å²) in [5.41, 5.74) is 4.39. The summed E-state index contributed by atoms with van der Waals surface area (Å²) in [6, 6.07) is 4.51. The van der Waals surface area contributed by atoms with E-state index in [1.165, 1.54) is 38.5 Å². The van der Waals surface area contributed by atoms with Crippen molar-refractivity contribution >= 4 is 0 Å². The molecule has 2 bridgehead atoms. The highest BCUT2D eigenvalue weighted by atomic mass is 16.5. The summed E-state index contributed by atoms with van der Waals surface area (Å²) in [6.07, 6.45) is 8.35. The highest BCUT2D eigenvalue weighted by Crippen LogP contribution is 2.85. The van der Waals surface area contributed by atoms with Crippen molar-refractivity contribution in [2.24, 2.45) is 22.7 Å². The third-order valence-corrected chi connectivity index (χ3v) is 9.14. The Kier molecular flexibility index (Phi) is 2.04. The van der Waals surface area contributed by atoms with Gasteiger partial charge in [-0.05, 0) is 72.8 Å². The van der Waals surface area contributed by atoms with Crippen molar-refractivity contribution in [1.29, 1.82) is 0 Å². The first-order chi connectivity index (χ1) is 11.1. The number of methoxy groups -OCH3 is 1. The highest BCUT2D eigenvalue weighted by molar-refractivity contribution is 5.63. The number of hydrogen-bond donors (Lipinski definition) is 0. The molecule has 23 heavy (non-hydrogen) atoms. The molecule has 0 amide bonds. The second-order valence-corrected chi connectivity index (χ2v) is 9.08. The predicted molar refractivity (Wildman–Crippen MR) is 89.1 cm³/mol. The third kappa shape index (κ3) is 1.05. The van der Waals surface area contributed by atoms with Crippen molar-refractivity contribution in [1.82, 2.24) is 0 Å². The summed E-state index contributed by atoms with van der Waals surface area (Å²) in [4.78, 5) is 0. The Morgan fingerprint density at radius 3 is 2.91 bits per heavy atom. The Balaban J connectivity index is 1.72. The molecule has 3 fully saturated rings. The average molecular weight is 310 g/mol. The van der Waals surface area contributed by atoms with Crippen LogP contribution in [0.4, 0.5) is 0 Å². The molecule has 3 saturated carbocycles. The summed E-state index contributed by atoms with van der Waals surface area (Å²) < 4.78 is 12.3. The molecule has 1 aliphatic heterocycles. The number of hydrogen-bond acceptors (Lipinski definition) is 2. The predicted octanol–water partition coefficient (Wildman–Crippen LogP) is 4.49. The Morgan fingerprint density at radius 2 is 2.09 bits per heavy atom. The van der Waals surface area contributed by atoms with Crippen LogP contribution in [0.1, 0.15) is 57.1 Å². The van der Waals surface area contributed by atoms with Gasteiger partial charge >= 0.3 is 0 Å². The minimum Gasteiger partial charge on any atom is -0.493 e. The minimum atomic E-state index is 0.268. The van der Waals surface area contributed by atoms with Crippen LogP contribution in [-0.4, -0.2) is 13.2 Å². The van der Waals surface area contributed by atoms with Crippen molar-refractivity contribution in [3.05, 3.63) is 23.3 Å². The summed E-state index contributed by atoms with van der Waals surface area (Å²) in [5, 5.41) is 0. The maximum absolute atomic E-state index is 6.64. The maximum atomic E-state index is 6.64. The van der Waals surface area contributed by atoms with E-state index in [1.807, 2.05) is 0 Å². The molecule has 1 heterocycles. The summed E-state index contributed by atoms with van der Waals surface area (Å²) in [5.74, 6) is 3.91. The van der Waals surface area contributed by atoms with Gasteiger partial charge in [0.25, 0.3) is 0 Å². The molecular formula is C21H26O2. The van der Waals surface area contributed by atoms with Gasteiger partial charge in [0.15, 0.2) is 11.5 Å². The smallest absolute Gasteiger partial charge is 0.165 e. The molecule has 0 aromatic heterocycles. The van der Waals surface area contributed by atoms with E-state index < -0.39 is 0 Å². The summed E-state index contributed by atoms with van der Waals surface area (Å²) in [7, 11) is 1.78. The molecule has 2 heteroatoms. The summed E-state index contributed by atoms with van der Waals surface area (Å²) >= 11 is 0. The van der Waals surface area contributed by atoms with Crippen molar-refractivity contribution in [3.63, 3.8) is 0 Å². The van der Waals surface area contributed by atoms with Gasteiger partial charge in [-0.15, -0.1) is 0 Å². The molecule has 5 aliphatic rings. The topological polar surface area (TPSA) is 18.5 Å². The number of benzene rings is 1. The lowest BCUT2D eigenvalue weighted by Gasteiger charge is -2.62. The Labute approximate surface area is 138 Å². The molecule has 1 aromatic carbocycles. The summed E-state index contributed by atoms with van der Waals surface area (Å²) in [6.45, 7) is 5.17. The van der Waals surface area contributed by atoms with Gasteiger partial charge in [-0.2, -0.15) is 0 Å². The van der Waals surface area contributed by atoms with E-state index >= 15 is 0 Å². The molecule has 122 valence electrons. The first-order valence-electron chi connectivity index (χ1n) is 9.47. The minimum absolute atomic E-state index is 0.268. The van der Waals surface area contributed by atoms with Gasteiger partial charge < -0.3 is 9.47 Å². The quantitative estimate of drug-likeness (QED) is 0.761. The number of rotatable bonds is 1. The van der Waals surface area contributed by atoms with E-state index in [2.05, 4.69) is 26.0 Å². The SMILES string of the molecule is COc1ccc2c3c1O[C@H]1CCC[C@@]4(C)C5(C2)C(C)C5CC[C@]314. The first kappa shape index (κ1) is 13.1.